The van der Waals surface area contributed by atoms with Crippen molar-refractivity contribution >= 4 is 21.6 Å². The Labute approximate surface area is 137 Å². The first-order chi connectivity index (χ1) is 10.8. The highest BCUT2D eigenvalue weighted by atomic mass is 79.9. The Morgan fingerprint density at radius 3 is 2.87 bits per heavy atom. The minimum atomic E-state index is -4.44. The van der Waals surface area contributed by atoms with Gasteiger partial charge in [0.1, 0.15) is 4.47 Å². The molecular weight excluding hydrogens is 381 g/mol. The number of rotatable bonds is 5. The summed E-state index contributed by atoms with van der Waals surface area (Å²) in [6, 6.07) is 3.16. The molecule has 1 N–H and O–H groups in total. The molecular formula is C13H12BrF3N4O2. The standard InChI is InChI=1S/C13H12BrF3N4O2/c1-21-12(22)10(14)9(6-20-21)19-5-8-3-2-4-18-11(8)23-7-13(15,16)17/h2-4,6,19H,5,7H2,1H3. The molecule has 2 heterocycles. The fraction of sp³-hybridized carbons (Fsp3) is 0.308. The summed E-state index contributed by atoms with van der Waals surface area (Å²) >= 11 is 3.15. The number of pyridine rings is 1. The van der Waals surface area contributed by atoms with E-state index in [9.17, 15) is 18.0 Å². The zero-order valence-electron chi connectivity index (χ0n) is 11.9. The largest absolute Gasteiger partial charge is 0.468 e. The van der Waals surface area contributed by atoms with Gasteiger partial charge in [0.2, 0.25) is 5.88 Å². The van der Waals surface area contributed by atoms with Crippen LogP contribution in [0.15, 0.2) is 33.8 Å². The first-order valence-electron chi connectivity index (χ1n) is 6.37. The van der Waals surface area contributed by atoms with Crippen molar-refractivity contribution in [2.24, 2.45) is 7.05 Å². The minimum absolute atomic E-state index is 0.120. The normalized spacial score (nSPS) is 11.3. The summed E-state index contributed by atoms with van der Waals surface area (Å²) in [5, 5.41) is 6.77. The number of nitrogens with zero attached hydrogens (tertiary/aromatic N) is 3. The van der Waals surface area contributed by atoms with E-state index in [1.54, 1.807) is 12.1 Å². The highest BCUT2D eigenvalue weighted by Crippen LogP contribution is 2.22. The summed E-state index contributed by atoms with van der Waals surface area (Å²) in [5.74, 6) is -0.120. The van der Waals surface area contributed by atoms with Gasteiger partial charge in [0, 0.05) is 25.4 Å². The van der Waals surface area contributed by atoms with Crippen molar-refractivity contribution in [3.05, 3.63) is 44.9 Å². The molecule has 0 radical (unpaired) electrons. The molecule has 0 atom stereocenters. The first-order valence-corrected chi connectivity index (χ1v) is 7.16. The summed E-state index contributed by atoms with van der Waals surface area (Å²) in [6.07, 6.45) is -1.68. The van der Waals surface area contributed by atoms with Gasteiger partial charge >= 0.3 is 6.18 Å². The van der Waals surface area contributed by atoms with Gasteiger partial charge in [-0.3, -0.25) is 4.79 Å². The van der Waals surface area contributed by atoms with Crippen LogP contribution in [0.4, 0.5) is 18.9 Å². The van der Waals surface area contributed by atoms with Gasteiger partial charge in [-0.1, -0.05) is 6.07 Å². The van der Waals surface area contributed by atoms with Gasteiger partial charge in [0.15, 0.2) is 6.61 Å². The van der Waals surface area contributed by atoms with Crippen LogP contribution in [0.2, 0.25) is 0 Å². The second-order valence-corrected chi connectivity index (χ2v) is 5.32. The number of aromatic nitrogens is 3. The number of hydrogen-bond donors (Lipinski definition) is 1. The van der Waals surface area contributed by atoms with Gasteiger partial charge in [-0.25, -0.2) is 9.67 Å². The van der Waals surface area contributed by atoms with E-state index in [-0.39, 0.29) is 22.5 Å². The van der Waals surface area contributed by atoms with Gasteiger partial charge < -0.3 is 10.1 Å². The van der Waals surface area contributed by atoms with Gasteiger partial charge in [0.05, 0.1) is 11.9 Å². The van der Waals surface area contributed by atoms with E-state index < -0.39 is 12.8 Å². The smallest absolute Gasteiger partial charge is 0.422 e. The number of halogens is 4. The number of alkyl halides is 3. The molecule has 6 nitrogen and oxygen atoms in total. The maximum Gasteiger partial charge on any atom is 0.422 e. The van der Waals surface area contributed by atoms with Crippen molar-refractivity contribution in [2.75, 3.05) is 11.9 Å². The second-order valence-electron chi connectivity index (χ2n) is 4.53. The van der Waals surface area contributed by atoms with Crippen LogP contribution >= 0.6 is 15.9 Å². The van der Waals surface area contributed by atoms with Crippen LogP contribution in [0.5, 0.6) is 5.88 Å². The maximum atomic E-state index is 12.2. The average molecular weight is 393 g/mol. The topological polar surface area (TPSA) is 69.0 Å². The van der Waals surface area contributed by atoms with Crippen molar-refractivity contribution < 1.29 is 17.9 Å². The molecule has 0 aliphatic heterocycles. The van der Waals surface area contributed by atoms with Crippen LogP contribution in [-0.2, 0) is 13.6 Å². The van der Waals surface area contributed by atoms with Gasteiger partial charge in [0.25, 0.3) is 5.56 Å². The maximum absolute atomic E-state index is 12.2. The van der Waals surface area contributed by atoms with Gasteiger partial charge in [-0.2, -0.15) is 18.3 Å². The lowest BCUT2D eigenvalue weighted by atomic mass is 10.2. The molecule has 0 unspecified atom stereocenters. The van der Waals surface area contributed by atoms with Crippen molar-refractivity contribution in [3.63, 3.8) is 0 Å². The van der Waals surface area contributed by atoms with E-state index >= 15 is 0 Å². The third kappa shape index (κ3) is 4.68. The summed E-state index contributed by atoms with van der Waals surface area (Å²) in [7, 11) is 1.50. The fourth-order valence-electron chi connectivity index (χ4n) is 1.66. The molecule has 0 saturated heterocycles. The molecule has 2 rings (SSSR count). The number of nitrogens with one attached hydrogen (secondary N) is 1. The molecule has 0 bridgehead atoms. The zero-order valence-corrected chi connectivity index (χ0v) is 13.5. The first kappa shape index (κ1) is 17.3. The molecule has 0 aliphatic rings. The van der Waals surface area contributed by atoms with E-state index in [4.69, 9.17) is 4.74 Å². The zero-order chi connectivity index (χ0) is 17.0. The number of hydrogen-bond acceptors (Lipinski definition) is 5. The Balaban J connectivity index is 2.12. The Kier molecular flexibility index (Phi) is 5.24. The fourth-order valence-corrected chi connectivity index (χ4v) is 2.16. The number of ether oxygens (including phenoxy) is 1. The predicted molar refractivity (Wildman–Crippen MR) is 80.3 cm³/mol. The van der Waals surface area contributed by atoms with Crippen LogP contribution in [0.25, 0.3) is 0 Å². The molecule has 0 spiro atoms. The Morgan fingerprint density at radius 1 is 1.43 bits per heavy atom. The molecule has 0 saturated carbocycles. The van der Waals surface area contributed by atoms with Crippen LogP contribution < -0.4 is 15.6 Å². The molecule has 23 heavy (non-hydrogen) atoms. The SMILES string of the molecule is Cn1ncc(NCc2cccnc2OCC(F)(F)F)c(Br)c1=O. The lowest BCUT2D eigenvalue weighted by Crippen LogP contribution is -2.22. The van der Waals surface area contributed by atoms with Crippen molar-refractivity contribution in [1.29, 1.82) is 0 Å². The lowest BCUT2D eigenvalue weighted by molar-refractivity contribution is -0.154. The lowest BCUT2D eigenvalue weighted by Gasteiger charge is -2.13. The molecule has 10 heteroatoms. The monoisotopic (exact) mass is 392 g/mol. The molecule has 2 aromatic rings. The molecule has 0 fully saturated rings. The van der Waals surface area contributed by atoms with E-state index in [1.807, 2.05) is 0 Å². The molecule has 0 aromatic carbocycles. The summed E-state index contributed by atoms with van der Waals surface area (Å²) in [5.41, 5.74) is 0.498. The number of anilines is 1. The van der Waals surface area contributed by atoms with Crippen molar-refractivity contribution in [1.82, 2.24) is 14.8 Å². The minimum Gasteiger partial charge on any atom is -0.468 e. The summed E-state index contributed by atoms with van der Waals surface area (Å²) in [4.78, 5) is 15.5. The Bertz CT molecular complexity index is 749. The summed E-state index contributed by atoms with van der Waals surface area (Å²) < 4.78 is 42.8. The van der Waals surface area contributed by atoms with E-state index in [0.29, 0.717) is 11.3 Å². The van der Waals surface area contributed by atoms with Gasteiger partial charge in [-0.05, 0) is 22.0 Å². The highest BCUT2D eigenvalue weighted by molar-refractivity contribution is 9.10. The summed E-state index contributed by atoms with van der Waals surface area (Å²) in [6.45, 7) is -1.30. The van der Waals surface area contributed by atoms with E-state index in [0.717, 1.165) is 4.68 Å². The third-order valence-electron chi connectivity index (χ3n) is 2.77. The van der Waals surface area contributed by atoms with Crippen LogP contribution in [0, 0.1) is 0 Å². The molecule has 0 amide bonds. The third-order valence-corrected chi connectivity index (χ3v) is 3.54. The predicted octanol–water partition coefficient (Wildman–Crippen LogP) is 2.49. The quantitative estimate of drug-likeness (QED) is 0.846. The van der Waals surface area contributed by atoms with Crippen LogP contribution in [0.3, 0.4) is 0 Å². The van der Waals surface area contributed by atoms with E-state index in [1.165, 1.54) is 19.4 Å². The molecule has 2 aromatic heterocycles. The van der Waals surface area contributed by atoms with Crippen molar-refractivity contribution in [2.45, 2.75) is 12.7 Å². The average Bonchev–Trinajstić information content (AvgIpc) is 2.50. The van der Waals surface area contributed by atoms with Crippen LogP contribution in [0.1, 0.15) is 5.56 Å². The molecule has 0 aliphatic carbocycles. The second kappa shape index (κ2) is 6.99. The number of aryl methyl sites for hydroxylation is 1. The highest BCUT2D eigenvalue weighted by Gasteiger charge is 2.29. The van der Waals surface area contributed by atoms with Crippen LogP contribution in [-0.4, -0.2) is 27.5 Å². The van der Waals surface area contributed by atoms with Gasteiger partial charge in [-0.15, -0.1) is 0 Å². The molecule has 124 valence electrons. The Hall–Kier alpha value is -2.10. The Morgan fingerprint density at radius 2 is 2.17 bits per heavy atom. The van der Waals surface area contributed by atoms with E-state index in [2.05, 4.69) is 31.3 Å². The van der Waals surface area contributed by atoms with Crippen molar-refractivity contribution in [3.8, 4) is 5.88 Å².